The molecule has 23 heavy (non-hydrogen) atoms. The summed E-state index contributed by atoms with van der Waals surface area (Å²) in [6, 6.07) is 11.0. The summed E-state index contributed by atoms with van der Waals surface area (Å²) in [7, 11) is 1.88. The van der Waals surface area contributed by atoms with Gasteiger partial charge in [-0.05, 0) is 24.3 Å². The second-order valence-corrected chi connectivity index (χ2v) is 5.16. The maximum absolute atomic E-state index is 12.7. The molecule has 0 spiro atoms. The Morgan fingerprint density at radius 2 is 2.00 bits per heavy atom. The first-order chi connectivity index (χ1) is 11.2. The molecular formula is C17H12N4O2. The average Bonchev–Trinajstić information content (AvgIpc) is 3.09. The first-order valence-electron chi connectivity index (χ1n) is 7.07. The molecule has 0 saturated heterocycles. The van der Waals surface area contributed by atoms with E-state index in [4.69, 9.17) is 4.52 Å². The van der Waals surface area contributed by atoms with Gasteiger partial charge in [0, 0.05) is 36.6 Å². The monoisotopic (exact) mass is 304 g/mol. The van der Waals surface area contributed by atoms with Crippen LogP contribution in [0.1, 0.15) is 0 Å². The standard InChI is InChI=1S/C17H12N4O2/c1-21-10-13(15(22)12-6-2-3-7-14(12)21)17-19-16(20-23-17)11-5-4-8-18-9-11/h2-10H,1H3. The molecule has 4 aromatic rings. The van der Waals surface area contributed by atoms with Crippen LogP contribution in [0.5, 0.6) is 0 Å². The lowest BCUT2D eigenvalue weighted by Gasteiger charge is -2.06. The molecule has 0 radical (unpaired) electrons. The van der Waals surface area contributed by atoms with E-state index < -0.39 is 0 Å². The van der Waals surface area contributed by atoms with E-state index in [-0.39, 0.29) is 11.3 Å². The lowest BCUT2D eigenvalue weighted by molar-refractivity contribution is 0.432. The third-order valence-corrected chi connectivity index (χ3v) is 3.67. The van der Waals surface area contributed by atoms with Crippen molar-refractivity contribution in [2.75, 3.05) is 0 Å². The summed E-state index contributed by atoms with van der Waals surface area (Å²) in [5.74, 6) is 0.610. The molecule has 6 heteroatoms. The van der Waals surface area contributed by atoms with Crippen LogP contribution < -0.4 is 5.43 Å². The van der Waals surface area contributed by atoms with Crippen LogP contribution in [0.15, 0.2) is 64.3 Å². The van der Waals surface area contributed by atoms with E-state index in [1.807, 2.05) is 35.9 Å². The second kappa shape index (κ2) is 5.17. The van der Waals surface area contributed by atoms with E-state index in [1.165, 1.54) is 0 Å². The molecule has 0 unspecified atom stereocenters. The number of hydrogen-bond acceptors (Lipinski definition) is 5. The summed E-state index contributed by atoms with van der Waals surface area (Å²) >= 11 is 0. The predicted octanol–water partition coefficient (Wildman–Crippen LogP) is 2.65. The third-order valence-electron chi connectivity index (χ3n) is 3.67. The Hall–Kier alpha value is -3.28. The molecule has 112 valence electrons. The van der Waals surface area contributed by atoms with Gasteiger partial charge in [-0.1, -0.05) is 17.3 Å². The third kappa shape index (κ3) is 2.20. The van der Waals surface area contributed by atoms with Crippen LogP contribution in [0.2, 0.25) is 0 Å². The SMILES string of the molecule is Cn1cc(-c2nc(-c3cccnc3)no2)c(=O)c2ccccc21. The number of aromatic nitrogens is 4. The van der Waals surface area contributed by atoms with Crippen LogP contribution in [-0.2, 0) is 7.05 Å². The molecule has 6 nitrogen and oxygen atoms in total. The normalized spacial score (nSPS) is 11.0. The minimum absolute atomic E-state index is 0.125. The van der Waals surface area contributed by atoms with Crippen LogP contribution in [0.4, 0.5) is 0 Å². The topological polar surface area (TPSA) is 73.8 Å². The van der Waals surface area contributed by atoms with Gasteiger partial charge in [-0.3, -0.25) is 9.78 Å². The Bertz CT molecular complexity index is 1050. The fourth-order valence-electron chi connectivity index (χ4n) is 2.54. The number of hydrogen-bond donors (Lipinski definition) is 0. The summed E-state index contributed by atoms with van der Waals surface area (Å²) < 4.78 is 7.16. The fraction of sp³-hybridized carbons (Fsp3) is 0.0588. The van der Waals surface area contributed by atoms with Crippen LogP contribution >= 0.6 is 0 Å². The number of nitrogens with zero attached hydrogens (tertiary/aromatic N) is 4. The number of pyridine rings is 2. The van der Waals surface area contributed by atoms with Crippen molar-refractivity contribution in [3.8, 4) is 22.8 Å². The van der Waals surface area contributed by atoms with E-state index >= 15 is 0 Å². The maximum atomic E-state index is 12.7. The summed E-state index contributed by atoms with van der Waals surface area (Å²) in [6.07, 6.45) is 5.03. The number of rotatable bonds is 2. The molecule has 0 bridgehead atoms. The molecular weight excluding hydrogens is 292 g/mol. The molecule has 1 aromatic carbocycles. The van der Waals surface area contributed by atoms with E-state index in [0.29, 0.717) is 16.8 Å². The van der Waals surface area contributed by atoms with Gasteiger partial charge in [-0.25, -0.2) is 0 Å². The highest BCUT2D eigenvalue weighted by atomic mass is 16.5. The Kier molecular flexibility index (Phi) is 3.01. The van der Waals surface area contributed by atoms with Gasteiger partial charge in [-0.15, -0.1) is 0 Å². The minimum atomic E-state index is -0.125. The van der Waals surface area contributed by atoms with Gasteiger partial charge in [0.15, 0.2) is 0 Å². The number of benzene rings is 1. The van der Waals surface area contributed by atoms with Crippen LogP contribution in [0.25, 0.3) is 33.7 Å². The van der Waals surface area contributed by atoms with Gasteiger partial charge >= 0.3 is 0 Å². The molecule has 4 rings (SSSR count). The highest BCUT2D eigenvalue weighted by Crippen LogP contribution is 2.21. The van der Waals surface area contributed by atoms with Crippen LogP contribution in [-0.4, -0.2) is 19.7 Å². The molecule has 0 aliphatic carbocycles. The van der Waals surface area contributed by atoms with Gasteiger partial charge < -0.3 is 9.09 Å². The van der Waals surface area contributed by atoms with Crippen molar-refractivity contribution < 1.29 is 4.52 Å². The van der Waals surface area contributed by atoms with Gasteiger partial charge in [0.05, 0.1) is 5.52 Å². The van der Waals surface area contributed by atoms with Gasteiger partial charge in [0.1, 0.15) is 5.56 Å². The Morgan fingerprint density at radius 1 is 1.13 bits per heavy atom. The molecule has 0 aliphatic heterocycles. The molecule has 0 atom stereocenters. The summed E-state index contributed by atoms with van der Waals surface area (Å²) in [4.78, 5) is 21.0. The zero-order valence-corrected chi connectivity index (χ0v) is 12.3. The van der Waals surface area contributed by atoms with Crippen molar-refractivity contribution in [2.24, 2.45) is 7.05 Å². The van der Waals surface area contributed by atoms with E-state index in [0.717, 1.165) is 11.1 Å². The second-order valence-electron chi connectivity index (χ2n) is 5.16. The number of fused-ring (bicyclic) bond motifs is 1. The Morgan fingerprint density at radius 3 is 2.83 bits per heavy atom. The molecule has 0 N–H and O–H groups in total. The van der Waals surface area contributed by atoms with Gasteiger partial charge in [-0.2, -0.15) is 4.98 Å². The van der Waals surface area contributed by atoms with Crippen LogP contribution in [0, 0.1) is 0 Å². The molecule has 0 aliphatic rings. The predicted molar refractivity (Wildman–Crippen MR) is 85.7 cm³/mol. The summed E-state index contributed by atoms with van der Waals surface area (Å²) in [5, 5.41) is 4.56. The smallest absolute Gasteiger partial charge is 0.263 e. The van der Waals surface area contributed by atoms with Crippen molar-refractivity contribution in [1.82, 2.24) is 19.7 Å². The van der Waals surface area contributed by atoms with Crippen molar-refractivity contribution >= 4 is 10.9 Å². The van der Waals surface area contributed by atoms with Crippen LogP contribution in [0.3, 0.4) is 0 Å². The van der Waals surface area contributed by atoms with Crippen molar-refractivity contribution in [2.45, 2.75) is 0 Å². The highest BCUT2D eigenvalue weighted by Gasteiger charge is 2.16. The fourth-order valence-corrected chi connectivity index (χ4v) is 2.54. The average molecular weight is 304 g/mol. The van der Waals surface area contributed by atoms with Crippen molar-refractivity contribution in [3.05, 3.63) is 65.2 Å². The summed E-state index contributed by atoms with van der Waals surface area (Å²) in [6.45, 7) is 0. The number of aryl methyl sites for hydroxylation is 1. The molecule has 3 aromatic heterocycles. The molecule has 0 amide bonds. The maximum Gasteiger partial charge on any atom is 0.263 e. The highest BCUT2D eigenvalue weighted by molar-refractivity contribution is 5.82. The number of para-hydroxylation sites is 1. The molecule has 0 fully saturated rings. The lowest BCUT2D eigenvalue weighted by atomic mass is 10.1. The minimum Gasteiger partial charge on any atom is -0.350 e. The zero-order chi connectivity index (χ0) is 15.8. The Labute approximate surface area is 131 Å². The largest absolute Gasteiger partial charge is 0.350 e. The van der Waals surface area contributed by atoms with E-state index in [2.05, 4.69) is 15.1 Å². The molecule has 0 saturated carbocycles. The Balaban J connectivity index is 1.89. The van der Waals surface area contributed by atoms with Gasteiger partial charge in [0.2, 0.25) is 11.3 Å². The van der Waals surface area contributed by atoms with E-state index in [9.17, 15) is 4.79 Å². The summed E-state index contributed by atoms with van der Waals surface area (Å²) in [5.41, 5.74) is 1.85. The van der Waals surface area contributed by atoms with E-state index in [1.54, 1.807) is 30.7 Å². The van der Waals surface area contributed by atoms with Crippen molar-refractivity contribution in [1.29, 1.82) is 0 Å². The lowest BCUT2D eigenvalue weighted by Crippen LogP contribution is -2.10. The van der Waals surface area contributed by atoms with Crippen molar-refractivity contribution in [3.63, 3.8) is 0 Å². The first-order valence-corrected chi connectivity index (χ1v) is 7.07. The zero-order valence-electron chi connectivity index (χ0n) is 12.3. The quantitative estimate of drug-likeness (QED) is 0.569. The van der Waals surface area contributed by atoms with Gasteiger partial charge in [0.25, 0.3) is 5.89 Å². The first kappa shape index (κ1) is 13.4. The molecule has 3 heterocycles.